The molecule has 1 heterocycles. The van der Waals surface area contributed by atoms with Crippen molar-refractivity contribution in [2.45, 2.75) is 19.9 Å². The third kappa shape index (κ3) is 2.72. The van der Waals surface area contributed by atoms with Gasteiger partial charge in [0.1, 0.15) is 5.82 Å². The van der Waals surface area contributed by atoms with Crippen LogP contribution < -0.4 is 11.1 Å². The van der Waals surface area contributed by atoms with Gasteiger partial charge in [0.2, 0.25) is 0 Å². The quantitative estimate of drug-likeness (QED) is 0.792. The molecule has 17 heavy (non-hydrogen) atoms. The molecule has 0 amide bonds. The average molecular weight is 228 g/mol. The van der Waals surface area contributed by atoms with Crippen molar-refractivity contribution in [1.29, 1.82) is 0 Å². The molecule has 3 N–H and O–H groups in total. The molecule has 0 radical (unpaired) electrons. The number of anilines is 2. The molecule has 0 spiro atoms. The molecule has 4 nitrogen and oxygen atoms in total. The Bertz CT molecular complexity index is 510. The molecule has 4 heteroatoms. The van der Waals surface area contributed by atoms with Crippen LogP contribution in [0.1, 0.15) is 24.1 Å². The number of aryl methyl sites for hydroxylation is 1. The van der Waals surface area contributed by atoms with Gasteiger partial charge in [-0.3, -0.25) is 0 Å². The summed E-state index contributed by atoms with van der Waals surface area (Å²) in [6.07, 6.45) is 1.73. The first-order valence-corrected chi connectivity index (χ1v) is 5.57. The molecule has 0 aliphatic heterocycles. The van der Waals surface area contributed by atoms with Gasteiger partial charge in [0.05, 0.1) is 12.2 Å². The van der Waals surface area contributed by atoms with Crippen molar-refractivity contribution in [2.24, 2.45) is 0 Å². The lowest BCUT2D eigenvalue weighted by molar-refractivity contribution is 0.861. The summed E-state index contributed by atoms with van der Waals surface area (Å²) in [6, 6.07) is 9.88. The predicted molar refractivity (Wildman–Crippen MR) is 69.7 cm³/mol. The van der Waals surface area contributed by atoms with Crippen LogP contribution in [0, 0.1) is 6.92 Å². The van der Waals surface area contributed by atoms with Crippen molar-refractivity contribution >= 4 is 11.5 Å². The van der Waals surface area contributed by atoms with E-state index in [-0.39, 0.29) is 6.04 Å². The Hall–Kier alpha value is -2.10. The summed E-state index contributed by atoms with van der Waals surface area (Å²) < 4.78 is 0. The monoisotopic (exact) mass is 228 g/mol. The highest BCUT2D eigenvalue weighted by Crippen LogP contribution is 2.22. The van der Waals surface area contributed by atoms with Crippen molar-refractivity contribution < 1.29 is 0 Å². The Kier molecular flexibility index (Phi) is 3.23. The molecule has 0 saturated heterocycles. The third-order valence-corrected chi connectivity index (χ3v) is 2.62. The number of aromatic nitrogens is 2. The van der Waals surface area contributed by atoms with Gasteiger partial charge in [-0.2, -0.15) is 5.10 Å². The molecule has 0 saturated carbocycles. The second-order valence-electron chi connectivity index (χ2n) is 4.11. The topological polar surface area (TPSA) is 63.8 Å². The molecule has 0 aliphatic carbocycles. The Morgan fingerprint density at radius 1 is 1.29 bits per heavy atom. The summed E-state index contributed by atoms with van der Waals surface area (Å²) in [6.45, 7) is 4.04. The van der Waals surface area contributed by atoms with Gasteiger partial charge in [0.15, 0.2) is 0 Å². The number of nitrogens with two attached hydrogens (primary N) is 1. The molecule has 0 aliphatic rings. The van der Waals surface area contributed by atoms with Crippen molar-refractivity contribution in [2.75, 3.05) is 11.1 Å². The number of hydrogen-bond donors (Lipinski definition) is 2. The van der Waals surface area contributed by atoms with Crippen molar-refractivity contribution in [3.8, 4) is 0 Å². The Morgan fingerprint density at radius 2 is 2.06 bits per heavy atom. The summed E-state index contributed by atoms with van der Waals surface area (Å²) >= 11 is 0. The minimum absolute atomic E-state index is 0.104. The van der Waals surface area contributed by atoms with Crippen LogP contribution in [-0.4, -0.2) is 10.2 Å². The minimum atomic E-state index is 0.104. The third-order valence-electron chi connectivity index (χ3n) is 2.62. The van der Waals surface area contributed by atoms with Crippen LogP contribution in [0.2, 0.25) is 0 Å². The standard InChI is InChI=1S/C13H16N4/c1-9-7-13(17-15-8-9)16-10(2)11-5-3-4-6-12(11)14/h3-8,10H,14H2,1-2H3,(H,16,17). The predicted octanol–water partition coefficient (Wildman–Crippen LogP) is 2.54. The smallest absolute Gasteiger partial charge is 0.149 e. The Balaban J connectivity index is 2.17. The first-order valence-electron chi connectivity index (χ1n) is 5.57. The lowest BCUT2D eigenvalue weighted by Gasteiger charge is -2.16. The number of para-hydroxylation sites is 1. The summed E-state index contributed by atoms with van der Waals surface area (Å²) in [5.74, 6) is 0.765. The molecule has 1 aromatic carbocycles. The maximum absolute atomic E-state index is 5.93. The number of nitrogen functional groups attached to an aromatic ring is 1. The van der Waals surface area contributed by atoms with Gasteiger partial charge in [-0.25, -0.2) is 0 Å². The maximum atomic E-state index is 5.93. The highest BCUT2D eigenvalue weighted by atomic mass is 15.2. The molecule has 88 valence electrons. The second kappa shape index (κ2) is 4.82. The molecule has 1 unspecified atom stereocenters. The van der Waals surface area contributed by atoms with Crippen molar-refractivity contribution in [3.63, 3.8) is 0 Å². The van der Waals surface area contributed by atoms with Crippen LogP contribution in [-0.2, 0) is 0 Å². The van der Waals surface area contributed by atoms with E-state index in [9.17, 15) is 0 Å². The zero-order valence-electron chi connectivity index (χ0n) is 10.0. The van der Waals surface area contributed by atoms with Gasteiger partial charge in [0, 0.05) is 5.69 Å². The molecular weight excluding hydrogens is 212 g/mol. The molecular formula is C13H16N4. The highest BCUT2D eigenvalue weighted by molar-refractivity contribution is 5.51. The number of hydrogen-bond acceptors (Lipinski definition) is 4. The Morgan fingerprint density at radius 3 is 2.76 bits per heavy atom. The van der Waals surface area contributed by atoms with Gasteiger partial charge in [-0.05, 0) is 37.1 Å². The zero-order chi connectivity index (χ0) is 12.3. The van der Waals surface area contributed by atoms with Crippen LogP contribution in [0.5, 0.6) is 0 Å². The van der Waals surface area contributed by atoms with Crippen LogP contribution in [0.25, 0.3) is 0 Å². The van der Waals surface area contributed by atoms with E-state index in [0.29, 0.717) is 0 Å². The van der Waals surface area contributed by atoms with Gasteiger partial charge in [-0.1, -0.05) is 18.2 Å². The number of rotatable bonds is 3. The number of benzene rings is 1. The van der Waals surface area contributed by atoms with Crippen LogP contribution in [0.15, 0.2) is 36.5 Å². The van der Waals surface area contributed by atoms with E-state index in [0.717, 1.165) is 22.6 Å². The second-order valence-corrected chi connectivity index (χ2v) is 4.11. The van der Waals surface area contributed by atoms with E-state index in [1.54, 1.807) is 6.20 Å². The summed E-state index contributed by atoms with van der Waals surface area (Å²) in [5.41, 5.74) is 8.86. The van der Waals surface area contributed by atoms with E-state index in [1.807, 2.05) is 37.3 Å². The minimum Gasteiger partial charge on any atom is -0.398 e. The van der Waals surface area contributed by atoms with Crippen molar-refractivity contribution in [3.05, 3.63) is 47.7 Å². The lowest BCUT2D eigenvalue weighted by atomic mass is 10.1. The lowest BCUT2D eigenvalue weighted by Crippen LogP contribution is -2.10. The van der Waals surface area contributed by atoms with Gasteiger partial charge >= 0.3 is 0 Å². The fourth-order valence-corrected chi connectivity index (χ4v) is 1.74. The average Bonchev–Trinajstić information content (AvgIpc) is 2.29. The van der Waals surface area contributed by atoms with E-state index in [2.05, 4.69) is 22.4 Å². The summed E-state index contributed by atoms with van der Waals surface area (Å²) in [4.78, 5) is 0. The highest BCUT2D eigenvalue weighted by Gasteiger charge is 2.08. The van der Waals surface area contributed by atoms with E-state index in [4.69, 9.17) is 5.73 Å². The van der Waals surface area contributed by atoms with Crippen molar-refractivity contribution in [1.82, 2.24) is 10.2 Å². The summed E-state index contributed by atoms with van der Waals surface area (Å²) in [5, 5.41) is 11.2. The summed E-state index contributed by atoms with van der Waals surface area (Å²) in [7, 11) is 0. The van der Waals surface area contributed by atoms with Gasteiger partial charge < -0.3 is 11.1 Å². The first-order chi connectivity index (χ1) is 8.16. The fourth-order valence-electron chi connectivity index (χ4n) is 1.74. The van der Waals surface area contributed by atoms with Gasteiger partial charge in [-0.15, -0.1) is 5.10 Å². The zero-order valence-corrected chi connectivity index (χ0v) is 10.0. The SMILES string of the molecule is Cc1cnnc(NC(C)c2ccccc2N)c1. The fraction of sp³-hybridized carbons (Fsp3) is 0.231. The van der Waals surface area contributed by atoms with E-state index in [1.165, 1.54) is 0 Å². The van der Waals surface area contributed by atoms with Gasteiger partial charge in [0.25, 0.3) is 0 Å². The van der Waals surface area contributed by atoms with E-state index >= 15 is 0 Å². The van der Waals surface area contributed by atoms with Crippen LogP contribution in [0.4, 0.5) is 11.5 Å². The van der Waals surface area contributed by atoms with Crippen LogP contribution >= 0.6 is 0 Å². The maximum Gasteiger partial charge on any atom is 0.149 e. The molecule has 2 aromatic rings. The van der Waals surface area contributed by atoms with E-state index < -0.39 is 0 Å². The first kappa shape index (κ1) is 11.4. The van der Waals surface area contributed by atoms with Crippen LogP contribution in [0.3, 0.4) is 0 Å². The number of nitrogens with zero attached hydrogens (tertiary/aromatic N) is 2. The molecule has 0 bridgehead atoms. The largest absolute Gasteiger partial charge is 0.398 e. The Labute approximate surface area is 101 Å². The number of nitrogens with one attached hydrogen (secondary N) is 1. The molecule has 1 aromatic heterocycles. The normalized spacial score (nSPS) is 12.1. The molecule has 2 rings (SSSR count). The molecule has 0 fully saturated rings. The molecule has 1 atom stereocenters.